The summed E-state index contributed by atoms with van der Waals surface area (Å²) in [6.45, 7) is 4.24. The second-order valence-electron chi connectivity index (χ2n) is 6.31. The third-order valence-corrected chi connectivity index (χ3v) is 4.61. The molecule has 21 heavy (non-hydrogen) atoms. The van der Waals surface area contributed by atoms with Crippen molar-refractivity contribution in [2.24, 2.45) is 11.8 Å². The zero-order valence-electron chi connectivity index (χ0n) is 12.2. The van der Waals surface area contributed by atoms with Gasteiger partial charge in [0, 0.05) is 0 Å². The molecule has 1 aliphatic carbocycles. The second kappa shape index (κ2) is 5.59. The molecule has 0 radical (unpaired) electrons. The van der Waals surface area contributed by atoms with E-state index in [1.807, 2.05) is 0 Å². The van der Waals surface area contributed by atoms with E-state index in [0.717, 1.165) is 25.0 Å². The van der Waals surface area contributed by atoms with Crippen molar-refractivity contribution in [1.29, 1.82) is 0 Å². The predicted molar refractivity (Wildman–Crippen MR) is 72.1 cm³/mol. The summed E-state index contributed by atoms with van der Waals surface area (Å²) in [5.74, 6) is -0.303. The highest BCUT2D eigenvalue weighted by Crippen LogP contribution is 2.43. The van der Waals surface area contributed by atoms with Crippen LogP contribution in [0.25, 0.3) is 0 Å². The van der Waals surface area contributed by atoms with Crippen LogP contribution in [-0.4, -0.2) is 5.11 Å². The largest absolute Gasteiger partial charge is 0.419 e. The Morgan fingerprint density at radius 1 is 1.19 bits per heavy atom. The Labute approximate surface area is 122 Å². The number of halogens is 4. The molecule has 5 heteroatoms. The Morgan fingerprint density at radius 3 is 2.19 bits per heavy atom. The zero-order chi connectivity index (χ0) is 15.8. The van der Waals surface area contributed by atoms with Gasteiger partial charge in [0.1, 0.15) is 5.82 Å². The van der Waals surface area contributed by atoms with E-state index in [2.05, 4.69) is 13.8 Å². The average molecular weight is 304 g/mol. The standard InChI is InChI=1S/C16H20F4O/c1-10(2)11-5-7-15(21,8-6-11)12-3-4-13(14(17)9-12)16(18,19)20/h3-4,9-11,21H,5-8H2,1-2H3. The number of benzene rings is 1. The Kier molecular flexibility index (Phi) is 4.34. The van der Waals surface area contributed by atoms with Gasteiger partial charge in [-0.25, -0.2) is 4.39 Å². The monoisotopic (exact) mass is 304 g/mol. The molecular weight excluding hydrogens is 284 g/mol. The third-order valence-electron chi connectivity index (χ3n) is 4.61. The molecule has 1 fully saturated rings. The highest BCUT2D eigenvalue weighted by Gasteiger charge is 2.38. The van der Waals surface area contributed by atoms with Crippen LogP contribution in [0.15, 0.2) is 18.2 Å². The van der Waals surface area contributed by atoms with Crippen molar-refractivity contribution in [2.75, 3.05) is 0 Å². The SMILES string of the molecule is CC(C)C1CCC(O)(c2ccc(C(F)(F)F)c(F)c2)CC1. The maximum Gasteiger partial charge on any atom is 0.419 e. The summed E-state index contributed by atoms with van der Waals surface area (Å²) in [6.07, 6.45) is -2.19. The Hall–Kier alpha value is -1.10. The van der Waals surface area contributed by atoms with Crippen molar-refractivity contribution in [3.63, 3.8) is 0 Å². The minimum Gasteiger partial charge on any atom is -0.385 e. The summed E-state index contributed by atoms with van der Waals surface area (Å²) in [6, 6.07) is 2.75. The van der Waals surface area contributed by atoms with Gasteiger partial charge in [-0.1, -0.05) is 19.9 Å². The lowest BCUT2D eigenvalue weighted by Gasteiger charge is -2.38. The Morgan fingerprint density at radius 2 is 1.76 bits per heavy atom. The minimum atomic E-state index is -4.71. The zero-order valence-corrected chi connectivity index (χ0v) is 12.2. The van der Waals surface area contributed by atoms with E-state index in [1.54, 1.807) is 0 Å². The molecule has 0 saturated heterocycles. The van der Waals surface area contributed by atoms with Crippen molar-refractivity contribution < 1.29 is 22.7 Å². The topological polar surface area (TPSA) is 20.2 Å². The first-order chi connectivity index (χ1) is 9.63. The van der Waals surface area contributed by atoms with E-state index >= 15 is 0 Å². The molecule has 1 aromatic rings. The molecule has 1 saturated carbocycles. The van der Waals surface area contributed by atoms with Gasteiger partial charge in [-0.2, -0.15) is 13.2 Å². The van der Waals surface area contributed by atoms with Gasteiger partial charge >= 0.3 is 6.18 Å². The first-order valence-corrected chi connectivity index (χ1v) is 7.23. The number of aliphatic hydroxyl groups is 1. The highest BCUT2D eigenvalue weighted by molar-refractivity contribution is 5.30. The minimum absolute atomic E-state index is 0.246. The predicted octanol–water partition coefficient (Wildman–Crippen LogP) is 4.88. The molecule has 1 aromatic carbocycles. The van der Waals surface area contributed by atoms with E-state index in [-0.39, 0.29) is 5.56 Å². The van der Waals surface area contributed by atoms with Gasteiger partial charge in [-0.05, 0) is 55.2 Å². The van der Waals surface area contributed by atoms with E-state index in [1.165, 1.54) is 6.07 Å². The fraction of sp³-hybridized carbons (Fsp3) is 0.625. The molecule has 0 aromatic heterocycles. The van der Waals surface area contributed by atoms with Crippen molar-refractivity contribution in [3.05, 3.63) is 35.1 Å². The van der Waals surface area contributed by atoms with Crippen LogP contribution in [0.1, 0.15) is 50.7 Å². The molecule has 0 unspecified atom stereocenters. The van der Waals surface area contributed by atoms with Gasteiger partial charge in [-0.3, -0.25) is 0 Å². The quantitative estimate of drug-likeness (QED) is 0.772. The summed E-state index contributed by atoms with van der Waals surface area (Å²) in [5, 5.41) is 10.6. The average Bonchev–Trinajstić information content (AvgIpc) is 2.37. The highest BCUT2D eigenvalue weighted by atomic mass is 19.4. The number of alkyl halides is 3. The molecule has 0 amide bonds. The van der Waals surface area contributed by atoms with Crippen molar-refractivity contribution in [1.82, 2.24) is 0 Å². The van der Waals surface area contributed by atoms with Gasteiger partial charge in [0.25, 0.3) is 0 Å². The van der Waals surface area contributed by atoms with E-state index in [9.17, 15) is 22.7 Å². The Bertz CT molecular complexity index is 499. The van der Waals surface area contributed by atoms with Crippen LogP contribution in [-0.2, 0) is 11.8 Å². The summed E-state index contributed by atoms with van der Waals surface area (Å²) in [4.78, 5) is 0. The molecular formula is C16H20F4O. The van der Waals surface area contributed by atoms with Crippen LogP contribution in [0.5, 0.6) is 0 Å². The lowest BCUT2D eigenvalue weighted by Crippen LogP contribution is -2.33. The van der Waals surface area contributed by atoms with Crippen LogP contribution in [0.3, 0.4) is 0 Å². The number of rotatable bonds is 2. The molecule has 0 aliphatic heterocycles. The second-order valence-corrected chi connectivity index (χ2v) is 6.31. The summed E-state index contributed by atoms with van der Waals surface area (Å²) >= 11 is 0. The number of hydrogen-bond acceptors (Lipinski definition) is 1. The molecule has 1 aliphatic rings. The summed E-state index contributed by atoms with van der Waals surface area (Å²) in [7, 11) is 0. The molecule has 1 N–H and O–H groups in total. The van der Waals surface area contributed by atoms with Crippen LogP contribution < -0.4 is 0 Å². The van der Waals surface area contributed by atoms with Crippen LogP contribution in [0.2, 0.25) is 0 Å². The molecule has 0 atom stereocenters. The van der Waals surface area contributed by atoms with Gasteiger partial charge < -0.3 is 5.11 Å². The third kappa shape index (κ3) is 3.39. The lowest BCUT2D eigenvalue weighted by molar-refractivity contribution is -0.140. The van der Waals surface area contributed by atoms with Crippen molar-refractivity contribution in [2.45, 2.75) is 51.3 Å². The van der Waals surface area contributed by atoms with Gasteiger partial charge in [0.2, 0.25) is 0 Å². The van der Waals surface area contributed by atoms with Gasteiger partial charge in [0.05, 0.1) is 11.2 Å². The number of hydrogen-bond donors (Lipinski definition) is 1. The lowest BCUT2D eigenvalue weighted by atomic mass is 9.72. The van der Waals surface area contributed by atoms with E-state index < -0.39 is 23.2 Å². The molecule has 0 bridgehead atoms. The first kappa shape index (κ1) is 16.3. The van der Waals surface area contributed by atoms with Crippen LogP contribution in [0, 0.1) is 17.7 Å². The van der Waals surface area contributed by atoms with Crippen LogP contribution >= 0.6 is 0 Å². The van der Waals surface area contributed by atoms with Crippen molar-refractivity contribution >= 4 is 0 Å². The molecule has 1 nitrogen and oxygen atoms in total. The van der Waals surface area contributed by atoms with E-state index in [4.69, 9.17) is 0 Å². The molecule has 0 spiro atoms. The fourth-order valence-corrected chi connectivity index (χ4v) is 3.11. The maximum atomic E-state index is 13.6. The van der Waals surface area contributed by atoms with Gasteiger partial charge in [-0.15, -0.1) is 0 Å². The molecule has 118 valence electrons. The summed E-state index contributed by atoms with van der Waals surface area (Å²) < 4.78 is 51.3. The first-order valence-electron chi connectivity index (χ1n) is 7.23. The summed E-state index contributed by atoms with van der Waals surface area (Å²) in [5.41, 5.74) is -2.25. The van der Waals surface area contributed by atoms with E-state index in [0.29, 0.717) is 24.7 Å². The maximum absolute atomic E-state index is 13.6. The van der Waals surface area contributed by atoms with Gasteiger partial charge in [0.15, 0.2) is 0 Å². The Balaban J connectivity index is 2.21. The normalized spacial score (nSPS) is 27.1. The van der Waals surface area contributed by atoms with Crippen LogP contribution in [0.4, 0.5) is 17.6 Å². The molecule has 0 heterocycles. The fourth-order valence-electron chi connectivity index (χ4n) is 3.11. The smallest absolute Gasteiger partial charge is 0.385 e. The molecule has 2 rings (SSSR count). The van der Waals surface area contributed by atoms with Crippen molar-refractivity contribution in [3.8, 4) is 0 Å².